The molecule has 0 spiro atoms. The van der Waals surface area contributed by atoms with Gasteiger partial charge in [-0.05, 0) is 32.6 Å². The highest BCUT2D eigenvalue weighted by Crippen LogP contribution is 2.50. The third-order valence-electron chi connectivity index (χ3n) is 5.81. The summed E-state index contributed by atoms with van der Waals surface area (Å²) >= 11 is 5.97. The van der Waals surface area contributed by atoms with E-state index in [0.717, 1.165) is 31.7 Å². The molecule has 132 valence electrons. The first-order valence-electron chi connectivity index (χ1n) is 8.84. The van der Waals surface area contributed by atoms with Crippen LogP contribution >= 0.6 is 11.6 Å². The van der Waals surface area contributed by atoms with E-state index < -0.39 is 11.4 Å². The molecular formula is C18H20ClFN4O. The second kappa shape index (κ2) is 5.25. The van der Waals surface area contributed by atoms with E-state index in [9.17, 15) is 9.50 Å². The molecule has 5 nitrogen and oxygen atoms in total. The molecule has 7 heteroatoms. The topological polar surface area (TPSA) is 61.3 Å². The first kappa shape index (κ1) is 15.7. The van der Waals surface area contributed by atoms with Gasteiger partial charge in [-0.2, -0.15) is 0 Å². The van der Waals surface area contributed by atoms with Crippen LogP contribution in [-0.4, -0.2) is 40.2 Å². The number of aryl methyl sites for hydroxylation is 1. The molecule has 2 saturated heterocycles. The fourth-order valence-corrected chi connectivity index (χ4v) is 4.63. The molecule has 2 bridgehead atoms. The van der Waals surface area contributed by atoms with Crippen LogP contribution in [0.2, 0.25) is 5.15 Å². The zero-order chi connectivity index (χ0) is 17.3. The van der Waals surface area contributed by atoms with E-state index in [-0.39, 0.29) is 5.15 Å². The van der Waals surface area contributed by atoms with Crippen molar-refractivity contribution in [3.05, 3.63) is 28.4 Å². The average molecular weight is 363 g/mol. The van der Waals surface area contributed by atoms with Crippen LogP contribution in [0.1, 0.15) is 36.9 Å². The lowest BCUT2D eigenvalue weighted by Gasteiger charge is -2.35. The summed E-state index contributed by atoms with van der Waals surface area (Å²) in [5.41, 5.74) is 0.266. The Morgan fingerprint density at radius 3 is 2.64 bits per heavy atom. The Morgan fingerprint density at radius 2 is 2.00 bits per heavy atom. The zero-order valence-corrected chi connectivity index (χ0v) is 14.8. The highest BCUT2D eigenvalue weighted by atomic mass is 35.5. The first-order valence-corrected chi connectivity index (χ1v) is 9.22. The van der Waals surface area contributed by atoms with Gasteiger partial charge in [0.05, 0.1) is 5.60 Å². The van der Waals surface area contributed by atoms with Gasteiger partial charge < -0.3 is 15.3 Å². The summed E-state index contributed by atoms with van der Waals surface area (Å²) in [7, 11) is 0. The van der Waals surface area contributed by atoms with E-state index in [1.165, 1.54) is 0 Å². The van der Waals surface area contributed by atoms with Gasteiger partial charge in [-0.1, -0.05) is 11.6 Å². The number of halogens is 2. The van der Waals surface area contributed by atoms with Crippen LogP contribution < -0.4 is 10.2 Å². The Balaban J connectivity index is 1.74. The van der Waals surface area contributed by atoms with Gasteiger partial charge in [-0.3, -0.25) is 0 Å². The van der Waals surface area contributed by atoms with E-state index in [1.54, 1.807) is 6.20 Å². The molecule has 2 N–H and O–H groups in total. The first-order chi connectivity index (χ1) is 12.0. The second-order valence-electron chi connectivity index (χ2n) is 7.62. The average Bonchev–Trinajstić information content (AvgIpc) is 3.24. The molecule has 1 aliphatic carbocycles. The van der Waals surface area contributed by atoms with Gasteiger partial charge in [0.25, 0.3) is 0 Å². The lowest BCUT2D eigenvalue weighted by Crippen LogP contribution is -2.51. The quantitative estimate of drug-likeness (QED) is 0.804. The Hall–Kier alpha value is -1.50. The summed E-state index contributed by atoms with van der Waals surface area (Å²) in [6.07, 6.45) is 5.17. The summed E-state index contributed by atoms with van der Waals surface area (Å²) < 4.78 is 14.9. The van der Waals surface area contributed by atoms with Crippen LogP contribution in [0.15, 0.2) is 6.20 Å². The number of hydrogen-bond donors (Lipinski definition) is 2. The number of rotatable bonds is 2. The molecule has 3 aliphatic rings. The van der Waals surface area contributed by atoms with Gasteiger partial charge in [0.2, 0.25) is 0 Å². The van der Waals surface area contributed by atoms with Gasteiger partial charge >= 0.3 is 0 Å². The summed E-state index contributed by atoms with van der Waals surface area (Å²) in [6.45, 7) is 3.55. The summed E-state index contributed by atoms with van der Waals surface area (Å²) in [6, 6.07) is 0.904. The Bertz CT molecular complexity index is 873. The van der Waals surface area contributed by atoms with Crippen LogP contribution in [0.4, 0.5) is 10.2 Å². The minimum absolute atomic E-state index is 0.157. The fourth-order valence-electron chi connectivity index (χ4n) is 4.48. The van der Waals surface area contributed by atoms with Crippen LogP contribution in [0.25, 0.3) is 10.8 Å². The zero-order valence-electron chi connectivity index (χ0n) is 14.0. The maximum Gasteiger partial charge on any atom is 0.168 e. The third kappa shape index (κ3) is 2.34. The van der Waals surface area contributed by atoms with Crippen LogP contribution in [0, 0.1) is 12.7 Å². The predicted molar refractivity (Wildman–Crippen MR) is 94.5 cm³/mol. The number of nitrogens with one attached hydrogen (secondary N) is 1. The molecule has 2 aromatic rings. The monoisotopic (exact) mass is 362 g/mol. The SMILES string of the molecule is Cc1nc(N2CC3CCC(C2)N3)c2cnc(Cl)c(F)c2c1C1(O)CC1. The minimum atomic E-state index is -0.984. The van der Waals surface area contributed by atoms with E-state index in [0.29, 0.717) is 47.0 Å². The van der Waals surface area contributed by atoms with E-state index in [2.05, 4.69) is 15.2 Å². The highest BCUT2D eigenvalue weighted by molar-refractivity contribution is 6.30. The van der Waals surface area contributed by atoms with Gasteiger partial charge in [-0.15, -0.1) is 0 Å². The van der Waals surface area contributed by atoms with Crippen molar-refractivity contribution in [1.29, 1.82) is 0 Å². The van der Waals surface area contributed by atoms with Crippen molar-refractivity contribution < 1.29 is 9.50 Å². The van der Waals surface area contributed by atoms with Crippen molar-refractivity contribution in [2.45, 2.75) is 50.3 Å². The van der Waals surface area contributed by atoms with Crippen molar-refractivity contribution in [1.82, 2.24) is 15.3 Å². The van der Waals surface area contributed by atoms with Gasteiger partial charge in [0.1, 0.15) is 5.82 Å². The molecule has 3 fully saturated rings. The standard InChI is InChI=1S/C18H20ClFN4O/c1-9-14(18(25)4-5-18)13-12(6-21-16(19)15(13)20)17(22-9)24-7-10-2-3-11(8-24)23-10/h6,10-11,23,25H,2-5,7-8H2,1H3. The molecule has 0 amide bonds. The molecule has 2 aliphatic heterocycles. The number of hydrogen-bond acceptors (Lipinski definition) is 5. The van der Waals surface area contributed by atoms with E-state index in [1.807, 2.05) is 6.92 Å². The number of fused-ring (bicyclic) bond motifs is 3. The van der Waals surface area contributed by atoms with Crippen LogP contribution in [0.3, 0.4) is 0 Å². The third-order valence-corrected chi connectivity index (χ3v) is 6.07. The molecule has 0 aromatic carbocycles. The molecule has 2 unspecified atom stereocenters. The Morgan fingerprint density at radius 1 is 1.32 bits per heavy atom. The van der Waals surface area contributed by atoms with E-state index >= 15 is 0 Å². The van der Waals surface area contributed by atoms with Crippen LogP contribution in [-0.2, 0) is 5.60 Å². The van der Waals surface area contributed by atoms with Gasteiger partial charge in [0, 0.05) is 53.4 Å². The molecular weight excluding hydrogens is 343 g/mol. The number of aliphatic hydroxyl groups is 1. The summed E-state index contributed by atoms with van der Waals surface area (Å²) in [5.74, 6) is 0.196. The van der Waals surface area contributed by atoms with E-state index in [4.69, 9.17) is 16.6 Å². The summed E-state index contributed by atoms with van der Waals surface area (Å²) in [5, 5.41) is 15.2. The van der Waals surface area contributed by atoms with Gasteiger partial charge in [-0.25, -0.2) is 14.4 Å². The smallest absolute Gasteiger partial charge is 0.168 e. The normalized spacial score (nSPS) is 27.1. The fraction of sp³-hybridized carbons (Fsp3) is 0.556. The van der Waals surface area contributed by atoms with Crippen molar-refractivity contribution in [3.63, 3.8) is 0 Å². The van der Waals surface area contributed by atoms with Crippen molar-refractivity contribution in [3.8, 4) is 0 Å². The predicted octanol–water partition coefficient (Wildman–Crippen LogP) is 2.65. The van der Waals surface area contributed by atoms with Crippen molar-refractivity contribution in [2.75, 3.05) is 18.0 Å². The molecule has 5 rings (SSSR count). The lowest BCUT2D eigenvalue weighted by atomic mass is 9.98. The number of aromatic nitrogens is 2. The maximum absolute atomic E-state index is 14.9. The number of pyridine rings is 2. The molecule has 4 heterocycles. The second-order valence-corrected chi connectivity index (χ2v) is 7.98. The Labute approximate surface area is 150 Å². The molecule has 2 aromatic heterocycles. The summed E-state index contributed by atoms with van der Waals surface area (Å²) in [4.78, 5) is 11.0. The van der Waals surface area contributed by atoms with Crippen molar-refractivity contribution >= 4 is 28.2 Å². The highest BCUT2D eigenvalue weighted by Gasteiger charge is 2.46. The van der Waals surface area contributed by atoms with Gasteiger partial charge in [0.15, 0.2) is 11.0 Å². The molecule has 25 heavy (non-hydrogen) atoms. The lowest BCUT2D eigenvalue weighted by molar-refractivity contribution is 0.151. The molecule has 1 saturated carbocycles. The molecule has 0 radical (unpaired) electrons. The minimum Gasteiger partial charge on any atom is -0.385 e. The number of piperazine rings is 1. The number of anilines is 1. The molecule has 2 atom stereocenters. The Kier molecular flexibility index (Phi) is 3.30. The number of nitrogens with zero attached hydrogens (tertiary/aromatic N) is 3. The largest absolute Gasteiger partial charge is 0.385 e. The van der Waals surface area contributed by atoms with Crippen LogP contribution in [0.5, 0.6) is 0 Å². The van der Waals surface area contributed by atoms with Crippen molar-refractivity contribution in [2.24, 2.45) is 0 Å². The maximum atomic E-state index is 14.9.